The van der Waals surface area contributed by atoms with Gasteiger partial charge in [0.1, 0.15) is 5.82 Å². The molecule has 0 atom stereocenters. The number of benzene rings is 2. The summed E-state index contributed by atoms with van der Waals surface area (Å²) in [5.41, 5.74) is -3.15. The Balaban J connectivity index is 1.96. The Morgan fingerprint density at radius 1 is 0.950 bits per heavy atom. The Labute approximate surface area is 118 Å². The van der Waals surface area contributed by atoms with E-state index < -0.39 is 5.51 Å². The Bertz CT molecular complexity index is 566. The van der Waals surface area contributed by atoms with Crippen LogP contribution in [0.25, 0.3) is 0 Å². The molecule has 20 heavy (non-hydrogen) atoms. The average molecular weight is 301 g/mol. The van der Waals surface area contributed by atoms with Crippen LogP contribution in [0.2, 0.25) is 0 Å². The molecule has 0 saturated heterocycles. The first-order valence-electron chi connectivity index (χ1n) is 5.77. The van der Waals surface area contributed by atoms with E-state index in [0.29, 0.717) is 11.3 Å². The van der Waals surface area contributed by atoms with Crippen LogP contribution in [0.5, 0.6) is 0 Å². The third-order valence-electron chi connectivity index (χ3n) is 2.53. The van der Waals surface area contributed by atoms with Crippen LogP contribution in [0.4, 0.5) is 23.2 Å². The molecule has 0 aliphatic rings. The molecule has 2 rings (SSSR count). The minimum atomic E-state index is -4.29. The maximum atomic E-state index is 13.4. The highest BCUT2D eigenvalue weighted by Crippen LogP contribution is 2.37. The zero-order chi connectivity index (χ0) is 14.6. The van der Waals surface area contributed by atoms with Crippen LogP contribution in [0, 0.1) is 5.82 Å². The van der Waals surface area contributed by atoms with Crippen molar-refractivity contribution < 1.29 is 17.6 Å². The minimum Gasteiger partial charge on any atom is -0.381 e. The molecule has 0 amide bonds. The van der Waals surface area contributed by atoms with Gasteiger partial charge < -0.3 is 5.32 Å². The zero-order valence-electron chi connectivity index (χ0n) is 10.2. The number of hydrogen-bond donors (Lipinski definition) is 1. The predicted octanol–water partition coefficient (Wildman–Crippen LogP) is 5.05. The van der Waals surface area contributed by atoms with Crippen molar-refractivity contribution in [3.8, 4) is 0 Å². The molecule has 0 aliphatic heterocycles. The van der Waals surface area contributed by atoms with Crippen molar-refractivity contribution in [2.24, 2.45) is 0 Å². The van der Waals surface area contributed by atoms with E-state index in [9.17, 15) is 17.6 Å². The van der Waals surface area contributed by atoms with Crippen molar-refractivity contribution in [3.05, 3.63) is 59.9 Å². The molecule has 6 heteroatoms. The smallest absolute Gasteiger partial charge is 0.381 e. The fraction of sp³-hybridized carbons (Fsp3) is 0.143. The first-order valence-corrected chi connectivity index (χ1v) is 6.59. The first kappa shape index (κ1) is 14.7. The van der Waals surface area contributed by atoms with Gasteiger partial charge in [-0.3, -0.25) is 0 Å². The third-order valence-corrected chi connectivity index (χ3v) is 3.27. The topological polar surface area (TPSA) is 12.0 Å². The standard InChI is InChI=1S/C14H11F4NS/c15-13-4-2-1-3-10(13)9-19-11-5-7-12(8-6-11)20-14(16,17)18/h1-8,19H,9H2. The number of hydrogen-bond acceptors (Lipinski definition) is 2. The molecule has 0 radical (unpaired) electrons. The quantitative estimate of drug-likeness (QED) is 0.626. The number of thioether (sulfide) groups is 1. The van der Waals surface area contributed by atoms with Crippen molar-refractivity contribution in [1.82, 2.24) is 0 Å². The molecule has 106 valence electrons. The van der Waals surface area contributed by atoms with Crippen molar-refractivity contribution in [2.75, 3.05) is 5.32 Å². The molecule has 0 aromatic heterocycles. The van der Waals surface area contributed by atoms with E-state index in [1.165, 1.54) is 30.3 Å². The van der Waals surface area contributed by atoms with Gasteiger partial charge in [-0.1, -0.05) is 18.2 Å². The fourth-order valence-corrected chi connectivity index (χ4v) is 2.15. The predicted molar refractivity (Wildman–Crippen MR) is 72.1 cm³/mol. The van der Waals surface area contributed by atoms with Crippen molar-refractivity contribution in [2.45, 2.75) is 16.9 Å². The van der Waals surface area contributed by atoms with E-state index in [1.807, 2.05) is 0 Å². The van der Waals surface area contributed by atoms with E-state index in [0.717, 1.165) is 0 Å². The van der Waals surface area contributed by atoms with Crippen molar-refractivity contribution in [3.63, 3.8) is 0 Å². The van der Waals surface area contributed by atoms with Crippen LogP contribution in [0.1, 0.15) is 5.56 Å². The lowest BCUT2D eigenvalue weighted by molar-refractivity contribution is -0.0328. The van der Waals surface area contributed by atoms with Gasteiger partial charge in [0.05, 0.1) is 0 Å². The summed E-state index contributed by atoms with van der Waals surface area (Å²) in [6.07, 6.45) is 0. The molecule has 0 aliphatic carbocycles. The summed E-state index contributed by atoms with van der Waals surface area (Å²) >= 11 is -0.161. The van der Waals surface area contributed by atoms with E-state index in [4.69, 9.17) is 0 Å². The molecular weight excluding hydrogens is 290 g/mol. The number of nitrogens with one attached hydrogen (secondary N) is 1. The number of rotatable bonds is 4. The van der Waals surface area contributed by atoms with Gasteiger partial charge in [-0.05, 0) is 42.1 Å². The molecular formula is C14H11F4NS. The van der Waals surface area contributed by atoms with Crippen LogP contribution >= 0.6 is 11.8 Å². The Morgan fingerprint density at radius 3 is 2.20 bits per heavy atom. The molecule has 0 heterocycles. The van der Waals surface area contributed by atoms with Crippen LogP contribution < -0.4 is 5.32 Å². The summed E-state index contributed by atoms with van der Waals surface area (Å²) in [5.74, 6) is -0.316. The van der Waals surface area contributed by atoms with Crippen LogP contribution in [-0.4, -0.2) is 5.51 Å². The normalized spacial score (nSPS) is 11.4. The Hall–Kier alpha value is -1.69. The molecule has 1 N–H and O–H groups in total. The largest absolute Gasteiger partial charge is 0.446 e. The molecule has 0 spiro atoms. The van der Waals surface area contributed by atoms with Gasteiger partial charge in [0.25, 0.3) is 0 Å². The van der Waals surface area contributed by atoms with Gasteiger partial charge in [0.2, 0.25) is 0 Å². The first-order chi connectivity index (χ1) is 9.44. The SMILES string of the molecule is Fc1ccccc1CNc1ccc(SC(F)(F)F)cc1. The van der Waals surface area contributed by atoms with E-state index in [1.54, 1.807) is 18.2 Å². The van der Waals surface area contributed by atoms with Gasteiger partial charge in [-0.2, -0.15) is 13.2 Å². The maximum Gasteiger partial charge on any atom is 0.446 e. The number of alkyl halides is 3. The monoisotopic (exact) mass is 301 g/mol. The molecule has 0 unspecified atom stereocenters. The highest BCUT2D eigenvalue weighted by atomic mass is 32.2. The summed E-state index contributed by atoms with van der Waals surface area (Å²) in [7, 11) is 0. The highest BCUT2D eigenvalue weighted by Gasteiger charge is 2.28. The van der Waals surface area contributed by atoms with E-state index in [-0.39, 0.29) is 29.0 Å². The lowest BCUT2D eigenvalue weighted by Gasteiger charge is -2.09. The minimum absolute atomic E-state index is 0.119. The second kappa shape index (κ2) is 6.17. The van der Waals surface area contributed by atoms with Crippen molar-refractivity contribution >= 4 is 17.4 Å². The second-order valence-electron chi connectivity index (χ2n) is 4.02. The van der Waals surface area contributed by atoms with Gasteiger partial charge in [0, 0.05) is 22.7 Å². The summed E-state index contributed by atoms with van der Waals surface area (Å²) < 4.78 is 49.9. The lowest BCUT2D eigenvalue weighted by atomic mass is 10.2. The van der Waals surface area contributed by atoms with Gasteiger partial charge in [-0.15, -0.1) is 0 Å². The number of halogens is 4. The molecule has 0 saturated carbocycles. The summed E-state index contributed by atoms with van der Waals surface area (Å²) in [6.45, 7) is 0.276. The van der Waals surface area contributed by atoms with Crippen LogP contribution in [-0.2, 0) is 6.54 Å². The average Bonchev–Trinajstić information content (AvgIpc) is 2.38. The van der Waals surface area contributed by atoms with Crippen molar-refractivity contribution in [1.29, 1.82) is 0 Å². The highest BCUT2D eigenvalue weighted by molar-refractivity contribution is 8.00. The summed E-state index contributed by atoms with van der Waals surface area (Å²) in [6, 6.07) is 12.2. The zero-order valence-corrected chi connectivity index (χ0v) is 11.1. The van der Waals surface area contributed by atoms with E-state index in [2.05, 4.69) is 5.32 Å². The Morgan fingerprint density at radius 2 is 1.60 bits per heavy atom. The van der Waals surface area contributed by atoms with Crippen LogP contribution in [0.15, 0.2) is 53.4 Å². The molecule has 2 aromatic carbocycles. The third kappa shape index (κ3) is 4.45. The maximum absolute atomic E-state index is 13.4. The van der Waals surface area contributed by atoms with Gasteiger partial charge >= 0.3 is 5.51 Å². The van der Waals surface area contributed by atoms with Gasteiger partial charge in [0.15, 0.2) is 0 Å². The summed E-state index contributed by atoms with van der Waals surface area (Å²) in [4.78, 5) is 0.119. The number of anilines is 1. The molecule has 0 fully saturated rings. The van der Waals surface area contributed by atoms with Crippen LogP contribution in [0.3, 0.4) is 0 Å². The molecule has 0 bridgehead atoms. The fourth-order valence-electron chi connectivity index (χ4n) is 1.61. The Kier molecular flexibility index (Phi) is 4.54. The van der Waals surface area contributed by atoms with Gasteiger partial charge in [-0.25, -0.2) is 4.39 Å². The lowest BCUT2D eigenvalue weighted by Crippen LogP contribution is -2.02. The molecule has 1 nitrogen and oxygen atoms in total. The van der Waals surface area contributed by atoms with E-state index >= 15 is 0 Å². The summed E-state index contributed by atoms with van der Waals surface area (Å²) in [5, 5.41) is 2.96. The second-order valence-corrected chi connectivity index (χ2v) is 5.16. The molecule has 2 aromatic rings.